The number of nitrogens with one attached hydrogen (secondary N) is 1. The molecule has 2 heterocycles. The zero-order valence-corrected chi connectivity index (χ0v) is 6.40. The van der Waals surface area contributed by atoms with Crippen LogP contribution in [0.3, 0.4) is 0 Å². The molecule has 2 nitrogen and oxygen atoms in total. The fourth-order valence-electron chi connectivity index (χ4n) is 1.79. The van der Waals surface area contributed by atoms with E-state index in [2.05, 4.69) is 5.32 Å². The third kappa shape index (κ3) is 0.789. The number of alkyl halides is 1. The van der Waals surface area contributed by atoms with E-state index in [-0.39, 0.29) is 23.1 Å². The minimum atomic E-state index is -0.243. The van der Waals surface area contributed by atoms with E-state index in [4.69, 9.17) is 11.6 Å². The Hall–Kier alpha value is -0.0800. The van der Waals surface area contributed by atoms with Gasteiger partial charge in [0.1, 0.15) is 5.38 Å². The van der Waals surface area contributed by atoms with Crippen molar-refractivity contribution in [3.63, 3.8) is 0 Å². The van der Waals surface area contributed by atoms with Gasteiger partial charge in [-0.1, -0.05) is 0 Å². The average Bonchev–Trinajstić information content (AvgIpc) is 2.00. The quantitative estimate of drug-likeness (QED) is 0.523. The van der Waals surface area contributed by atoms with Crippen molar-refractivity contribution in [3.05, 3.63) is 0 Å². The summed E-state index contributed by atoms with van der Waals surface area (Å²) in [5.74, 6) is 0.476. The molecule has 0 spiro atoms. The number of piperidine rings is 2. The number of rotatable bonds is 0. The molecular weight excluding hydrogens is 150 g/mol. The van der Waals surface area contributed by atoms with Crippen molar-refractivity contribution < 1.29 is 4.79 Å². The number of fused-ring (bicyclic) bond motifs is 3. The summed E-state index contributed by atoms with van der Waals surface area (Å²) in [4.78, 5) is 11.2. The third-order valence-electron chi connectivity index (χ3n) is 2.48. The van der Waals surface area contributed by atoms with Crippen LogP contribution >= 0.6 is 11.6 Å². The summed E-state index contributed by atoms with van der Waals surface area (Å²) < 4.78 is 0. The molecule has 1 aliphatic carbocycles. The highest BCUT2D eigenvalue weighted by Crippen LogP contribution is 2.29. The van der Waals surface area contributed by atoms with Gasteiger partial charge in [0.2, 0.25) is 0 Å². The van der Waals surface area contributed by atoms with Crippen molar-refractivity contribution >= 4 is 17.4 Å². The summed E-state index contributed by atoms with van der Waals surface area (Å²) in [6.07, 6.45) is 2.12. The molecule has 10 heavy (non-hydrogen) atoms. The second kappa shape index (κ2) is 2.21. The molecule has 3 fully saturated rings. The van der Waals surface area contributed by atoms with Crippen molar-refractivity contribution in [2.24, 2.45) is 5.92 Å². The molecule has 3 unspecified atom stereocenters. The highest BCUT2D eigenvalue weighted by atomic mass is 35.5. The fourth-order valence-corrected chi connectivity index (χ4v) is 2.19. The normalized spacial score (nSPS) is 46.1. The molecule has 0 radical (unpaired) electrons. The lowest BCUT2D eigenvalue weighted by molar-refractivity contribution is -0.126. The highest BCUT2D eigenvalue weighted by Gasteiger charge is 2.41. The predicted molar refractivity (Wildman–Crippen MR) is 39.2 cm³/mol. The van der Waals surface area contributed by atoms with Crippen molar-refractivity contribution in [2.75, 3.05) is 6.54 Å². The van der Waals surface area contributed by atoms with Crippen LogP contribution in [0.15, 0.2) is 0 Å². The molecule has 2 aliphatic heterocycles. The average molecular weight is 160 g/mol. The first-order chi connectivity index (χ1) is 4.79. The van der Waals surface area contributed by atoms with Crippen LogP contribution in [0.25, 0.3) is 0 Å². The van der Waals surface area contributed by atoms with Gasteiger partial charge in [-0.3, -0.25) is 4.79 Å². The number of carbonyl (C=O) groups excluding carboxylic acids is 1. The van der Waals surface area contributed by atoms with Gasteiger partial charge in [-0.2, -0.15) is 0 Å². The summed E-state index contributed by atoms with van der Waals surface area (Å²) in [6.45, 7) is 0.854. The largest absolute Gasteiger partial charge is 0.311 e. The molecule has 0 aromatic carbocycles. The fraction of sp³-hybridized carbons (Fsp3) is 0.857. The first kappa shape index (κ1) is 6.62. The van der Waals surface area contributed by atoms with E-state index in [9.17, 15) is 4.79 Å². The summed E-state index contributed by atoms with van der Waals surface area (Å²) >= 11 is 5.85. The highest BCUT2D eigenvalue weighted by molar-refractivity contribution is 6.32. The van der Waals surface area contributed by atoms with Crippen molar-refractivity contribution in [1.29, 1.82) is 0 Å². The summed E-state index contributed by atoms with van der Waals surface area (Å²) in [6, 6.07) is 0.263. The molecule has 0 amide bonds. The SMILES string of the molecule is O=C1C2CCC(NC2)C1Cl. The first-order valence-corrected chi connectivity index (χ1v) is 4.14. The van der Waals surface area contributed by atoms with Gasteiger partial charge >= 0.3 is 0 Å². The Kier molecular flexibility index (Phi) is 1.46. The second-order valence-corrected chi connectivity index (χ2v) is 3.56. The van der Waals surface area contributed by atoms with E-state index in [0.29, 0.717) is 0 Å². The molecular formula is C7H10ClNO. The van der Waals surface area contributed by atoms with Crippen LogP contribution in [0.1, 0.15) is 12.8 Å². The molecule has 3 heteroatoms. The Balaban J connectivity index is 2.20. The summed E-state index contributed by atoms with van der Waals surface area (Å²) in [7, 11) is 0. The lowest BCUT2D eigenvalue weighted by Crippen LogP contribution is -2.56. The minimum Gasteiger partial charge on any atom is -0.311 e. The first-order valence-electron chi connectivity index (χ1n) is 3.70. The van der Waals surface area contributed by atoms with Crippen LogP contribution in [0.5, 0.6) is 0 Å². The molecule has 3 aliphatic rings. The molecule has 0 aromatic rings. The van der Waals surface area contributed by atoms with Crippen LogP contribution in [-0.4, -0.2) is 23.7 Å². The predicted octanol–water partition coefficient (Wildman–Crippen LogP) is 0.545. The summed E-state index contributed by atoms with van der Waals surface area (Å²) in [5, 5.41) is 3.00. The zero-order valence-electron chi connectivity index (χ0n) is 5.64. The smallest absolute Gasteiger partial charge is 0.156 e. The van der Waals surface area contributed by atoms with Gasteiger partial charge in [0.05, 0.1) is 0 Å². The van der Waals surface area contributed by atoms with E-state index in [1.165, 1.54) is 0 Å². The van der Waals surface area contributed by atoms with Gasteiger partial charge in [0.25, 0.3) is 0 Å². The van der Waals surface area contributed by atoms with Gasteiger partial charge in [-0.15, -0.1) is 11.6 Å². The number of hydrogen-bond acceptors (Lipinski definition) is 2. The maximum absolute atomic E-state index is 11.2. The van der Waals surface area contributed by atoms with Gasteiger partial charge in [0, 0.05) is 18.5 Å². The van der Waals surface area contributed by atoms with Crippen molar-refractivity contribution in [2.45, 2.75) is 24.3 Å². The zero-order chi connectivity index (χ0) is 7.14. The van der Waals surface area contributed by atoms with Crippen LogP contribution in [0, 0.1) is 5.92 Å². The number of halogens is 1. The van der Waals surface area contributed by atoms with Gasteiger partial charge in [0.15, 0.2) is 5.78 Å². The molecule has 2 bridgehead atoms. The molecule has 0 aromatic heterocycles. The monoisotopic (exact) mass is 159 g/mol. The Labute approximate surface area is 64.9 Å². The number of hydrogen-bond donors (Lipinski definition) is 1. The van der Waals surface area contributed by atoms with Gasteiger partial charge in [-0.05, 0) is 12.8 Å². The minimum absolute atomic E-state index is 0.215. The molecule has 1 N–H and O–H groups in total. The Morgan fingerprint density at radius 1 is 1.50 bits per heavy atom. The van der Waals surface area contributed by atoms with Gasteiger partial charge < -0.3 is 5.32 Å². The Bertz CT molecular complexity index is 159. The maximum atomic E-state index is 11.2. The molecule has 2 saturated heterocycles. The summed E-state index contributed by atoms with van der Waals surface area (Å²) in [5.41, 5.74) is 0. The molecule has 3 rings (SSSR count). The van der Waals surface area contributed by atoms with E-state index >= 15 is 0 Å². The Morgan fingerprint density at radius 3 is 2.60 bits per heavy atom. The third-order valence-corrected chi connectivity index (χ3v) is 3.00. The second-order valence-electron chi connectivity index (χ2n) is 3.09. The van der Waals surface area contributed by atoms with E-state index < -0.39 is 0 Å². The van der Waals surface area contributed by atoms with E-state index in [1.807, 2.05) is 0 Å². The van der Waals surface area contributed by atoms with Crippen LogP contribution in [0.2, 0.25) is 0 Å². The maximum Gasteiger partial charge on any atom is 0.156 e. The standard InChI is InChI=1S/C7H10ClNO/c8-6-5-2-1-4(3-9-5)7(6)10/h4-6,9H,1-3H2. The lowest BCUT2D eigenvalue weighted by atomic mass is 9.80. The van der Waals surface area contributed by atoms with Crippen molar-refractivity contribution in [1.82, 2.24) is 5.32 Å². The Morgan fingerprint density at radius 2 is 2.30 bits per heavy atom. The molecule has 1 saturated carbocycles. The molecule has 56 valence electrons. The van der Waals surface area contributed by atoms with Crippen molar-refractivity contribution in [3.8, 4) is 0 Å². The van der Waals surface area contributed by atoms with Gasteiger partial charge in [-0.25, -0.2) is 0 Å². The van der Waals surface area contributed by atoms with Crippen LogP contribution in [-0.2, 0) is 4.79 Å². The number of ketones is 1. The molecule has 3 atom stereocenters. The topological polar surface area (TPSA) is 29.1 Å². The number of Topliss-reactive ketones (excluding diaryl/α,β-unsaturated/α-hetero) is 1. The van der Waals surface area contributed by atoms with Crippen LogP contribution < -0.4 is 5.32 Å². The van der Waals surface area contributed by atoms with E-state index in [1.54, 1.807) is 0 Å². The lowest BCUT2D eigenvalue weighted by Gasteiger charge is -2.38. The van der Waals surface area contributed by atoms with Crippen LogP contribution in [0.4, 0.5) is 0 Å². The number of carbonyl (C=O) groups is 1. The van der Waals surface area contributed by atoms with E-state index in [0.717, 1.165) is 19.4 Å².